The third kappa shape index (κ3) is 5.73. The van der Waals surface area contributed by atoms with Gasteiger partial charge in [0.25, 0.3) is 0 Å². The molecule has 5 nitrogen and oxygen atoms in total. The molecule has 1 N–H and O–H groups in total. The van der Waals surface area contributed by atoms with E-state index < -0.39 is 0 Å². The summed E-state index contributed by atoms with van der Waals surface area (Å²) >= 11 is 1.42. The summed E-state index contributed by atoms with van der Waals surface area (Å²) in [7, 11) is 0. The first-order valence-electron chi connectivity index (χ1n) is 9.74. The molecule has 0 aliphatic rings. The molecule has 0 spiro atoms. The van der Waals surface area contributed by atoms with Gasteiger partial charge in [-0.25, -0.2) is 9.37 Å². The standard InChI is InChI=1S/C24H20FN3O2S/c25-18-9-11-20(12-10-18)30-15-23-27-19(16-31-23)14-22(29)28-24(17-6-2-1-3-7-17)21-8-4-5-13-26-21/h1-13,16,24H,14-15H2,(H,28,29). The van der Waals surface area contributed by atoms with Crippen LogP contribution >= 0.6 is 11.3 Å². The van der Waals surface area contributed by atoms with E-state index in [-0.39, 0.29) is 30.8 Å². The van der Waals surface area contributed by atoms with E-state index in [2.05, 4.69) is 15.3 Å². The zero-order valence-corrected chi connectivity index (χ0v) is 17.4. The van der Waals surface area contributed by atoms with Crippen molar-refractivity contribution in [1.29, 1.82) is 0 Å². The Morgan fingerprint density at radius 3 is 2.55 bits per heavy atom. The Balaban J connectivity index is 1.39. The molecule has 1 unspecified atom stereocenters. The number of nitrogens with one attached hydrogen (secondary N) is 1. The summed E-state index contributed by atoms with van der Waals surface area (Å²) in [4.78, 5) is 21.6. The highest BCUT2D eigenvalue weighted by Crippen LogP contribution is 2.21. The Kier molecular flexibility index (Phi) is 6.64. The fourth-order valence-corrected chi connectivity index (χ4v) is 3.77. The molecule has 0 bridgehead atoms. The Morgan fingerprint density at radius 1 is 1.03 bits per heavy atom. The molecule has 1 amide bonds. The van der Waals surface area contributed by atoms with Crippen LogP contribution in [0.2, 0.25) is 0 Å². The number of benzene rings is 2. The first-order valence-corrected chi connectivity index (χ1v) is 10.6. The van der Waals surface area contributed by atoms with Crippen molar-refractivity contribution in [2.75, 3.05) is 0 Å². The lowest BCUT2D eigenvalue weighted by atomic mass is 10.0. The quantitative estimate of drug-likeness (QED) is 0.437. The first kappa shape index (κ1) is 20.7. The summed E-state index contributed by atoms with van der Waals surface area (Å²) in [6.07, 6.45) is 1.87. The van der Waals surface area contributed by atoms with Crippen LogP contribution in [-0.2, 0) is 17.8 Å². The van der Waals surface area contributed by atoms with Gasteiger partial charge in [-0.1, -0.05) is 36.4 Å². The molecule has 0 saturated heterocycles. The highest BCUT2D eigenvalue weighted by Gasteiger charge is 2.18. The van der Waals surface area contributed by atoms with E-state index in [1.54, 1.807) is 18.3 Å². The predicted molar refractivity (Wildman–Crippen MR) is 117 cm³/mol. The fraction of sp³-hybridized carbons (Fsp3) is 0.125. The molecule has 0 aliphatic carbocycles. The molecule has 0 aliphatic heterocycles. The summed E-state index contributed by atoms with van der Waals surface area (Å²) < 4.78 is 18.6. The Morgan fingerprint density at radius 2 is 1.81 bits per heavy atom. The molecule has 0 saturated carbocycles. The van der Waals surface area contributed by atoms with Crippen molar-refractivity contribution in [2.24, 2.45) is 0 Å². The normalized spacial score (nSPS) is 11.6. The van der Waals surface area contributed by atoms with Gasteiger partial charge in [-0.3, -0.25) is 9.78 Å². The van der Waals surface area contributed by atoms with Crippen LogP contribution in [0.25, 0.3) is 0 Å². The lowest BCUT2D eigenvalue weighted by Crippen LogP contribution is -2.31. The Hall–Kier alpha value is -3.58. The number of nitrogens with zero attached hydrogens (tertiary/aromatic N) is 2. The highest BCUT2D eigenvalue weighted by molar-refractivity contribution is 7.09. The maximum absolute atomic E-state index is 13.0. The van der Waals surface area contributed by atoms with Gasteiger partial charge in [-0.15, -0.1) is 11.3 Å². The van der Waals surface area contributed by atoms with Crippen molar-refractivity contribution >= 4 is 17.2 Å². The molecule has 2 aromatic heterocycles. The monoisotopic (exact) mass is 433 g/mol. The molecular weight excluding hydrogens is 413 g/mol. The minimum atomic E-state index is -0.338. The second-order valence-electron chi connectivity index (χ2n) is 6.82. The fourth-order valence-electron chi connectivity index (χ4n) is 3.07. The van der Waals surface area contributed by atoms with Crippen LogP contribution in [0, 0.1) is 5.82 Å². The van der Waals surface area contributed by atoms with Gasteiger partial charge in [0.2, 0.25) is 5.91 Å². The largest absolute Gasteiger partial charge is 0.486 e. The van der Waals surface area contributed by atoms with Gasteiger partial charge >= 0.3 is 0 Å². The summed E-state index contributed by atoms with van der Waals surface area (Å²) in [6.45, 7) is 0.262. The first-order chi connectivity index (χ1) is 15.2. The van der Waals surface area contributed by atoms with E-state index in [9.17, 15) is 9.18 Å². The van der Waals surface area contributed by atoms with Crippen molar-refractivity contribution in [1.82, 2.24) is 15.3 Å². The minimum absolute atomic E-state index is 0.143. The second kappa shape index (κ2) is 9.95. The van der Waals surface area contributed by atoms with Crippen LogP contribution in [0.1, 0.15) is 28.0 Å². The van der Waals surface area contributed by atoms with Gasteiger partial charge in [-0.05, 0) is 42.0 Å². The highest BCUT2D eigenvalue weighted by atomic mass is 32.1. The van der Waals surface area contributed by atoms with E-state index in [1.807, 2.05) is 53.9 Å². The van der Waals surface area contributed by atoms with Crippen molar-refractivity contribution in [3.8, 4) is 5.75 Å². The molecule has 0 fully saturated rings. The van der Waals surface area contributed by atoms with Gasteiger partial charge in [0.05, 0.1) is 23.9 Å². The summed E-state index contributed by atoms with van der Waals surface area (Å²) in [5, 5.41) is 5.66. The van der Waals surface area contributed by atoms with Crippen molar-refractivity contribution < 1.29 is 13.9 Å². The van der Waals surface area contributed by atoms with Gasteiger partial charge in [0.1, 0.15) is 23.2 Å². The molecule has 2 aromatic carbocycles. The number of thiazole rings is 1. The maximum atomic E-state index is 13.0. The lowest BCUT2D eigenvalue weighted by Gasteiger charge is -2.18. The third-order valence-corrected chi connectivity index (χ3v) is 5.41. The summed E-state index contributed by atoms with van der Waals surface area (Å²) in [5.41, 5.74) is 2.41. The molecular formula is C24H20FN3O2S. The van der Waals surface area contributed by atoms with Crippen LogP contribution in [0.5, 0.6) is 5.75 Å². The van der Waals surface area contributed by atoms with Gasteiger partial charge in [0.15, 0.2) is 0 Å². The van der Waals surface area contributed by atoms with Crippen LogP contribution in [0.15, 0.2) is 84.4 Å². The number of amides is 1. The van der Waals surface area contributed by atoms with Crippen LogP contribution < -0.4 is 10.1 Å². The lowest BCUT2D eigenvalue weighted by molar-refractivity contribution is -0.121. The number of carbonyl (C=O) groups excluding carboxylic acids is 1. The number of ether oxygens (including phenoxy) is 1. The molecule has 0 radical (unpaired) electrons. The Bertz CT molecular complexity index is 1080. The van der Waals surface area contributed by atoms with E-state index in [0.29, 0.717) is 11.4 Å². The number of pyridine rings is 1. The smallest absolute Gasteiger partial charge is 0.226 e. The van der Waals surface area contributed by atoms with Crippen LogP contribution in [-0.4, -0.2) is 15.9 Å². The summed E-state index contributed by atoms with van der Waals surface area (Å²) in [5.74, 6) is 0.113. The van der Waals surface area contributed by atoms with Gasteiger partial charge < -0.3 is 10.1 Å². The predicted octanol–water partition coefficient (Wildman–Crippen LogP) is 4.70. The SMILES string of the molecule is O=C(Cc1csc(COc2ccc(F)cc2)n1)NC(c1ccccc1)c1ccccn1. The summed E-state index contributed by atoms with van der Waals surface area (Å²) in [6, 6.07) is 20.9. The number of halogens is 1. The molecule has 2 heterocycles. The molecule has 4 rings (SSSR count). The van der Waals surface area contributed by atoms with E-state index >= 15 is 0 Å². The maximum Gasteiger partial charge on any atom is 0.226 e. The zero-order chi connectivity index (χ0) is 21.5. The van der Waals surface area contributed by atoms with E-state index in [0.717, 1.165) is 16.3 Å². The molecule has 1 atom stereocenters. The number of aromatic nitrogens is 2. The van der Waals surface area contributed by atoms with Crippen LogP contribution in [0.3, 0.4) is 0 Å². The number of carbonyl (C=O) groups is 1. The van der Waals surface area contributed by atoms with Gasteiger partial charge in [0, 0.05) is 11.6 Å². The molecule has 7 heteroatoms. The number of hydrogen-bond acceptors (Lipinski definition) is 5. The molecule has 4 aromatic rings. The van der Waals surface area contributed by atoms with Crippen molar-refractivity contribution in [3.05, 3.63) is 112 Å². The third-order valence-electron chi connectivity index (χ3n) is 4.54. The molecule has 156 valence electrons. The second-order valence-corrected chi connectivity index (χ2v) is 7.76. The molecule has 31 heavy (non-hydrogen) atoms. The Labute approximate surface area is 183 Å². The minimum Gasteiger partial charge on any atom is -0.486 e. The van der Waals surface area contributed by atoms with Crippen LogP contribution in [0.4, 0.5) is 4.39 Å². The van der Waals surface area contributed by atoms with Gasteiger partial charge in [-0.2, -0.15) is 0 Å². The average molecular weight is 434 g/mol. The topological polar surface area (TPSA) is 64.1 Å². The average Bonchev–Trinajstić information content (AvgIpc) is 3.25. The van der Waals surface area contributed by atoms with Crippen molar-refractivity contribution in [3.63, 3.8) is 0 Å². The number of rotatable bonds is 8. The van der Waals surface area contributed by atoms with E-state index in [4.69, 9.17) is 4.74 Å². The zero-order valence-electron chi connectivity index (χ0n) is 16.6. The van der Waals surface area contributed by atoms with Crippen molar-refractivity contribution in [2.45, 2.75) is 19.1 Å². The number of hydrogen-bond donors (Lipinski definition) is 1. The van der Waals surface area contributed by atoms with E-state index in [1.165, 1.54) is 23.5 Å².